The monoisotopic (exact) mass is 441 g/mol. The lowest BCUT2D eigenvalue weighted by atomic mass is 10.1. The van der Waals surface area contributed by atoms with E-state index in [0.717, 1.165) is 17.7 Å². The van der Waals surface area contributed by atoms with Crippen LogP contribution in [0.25, 0.3) is 17.0 Å². The zero-order chi connectivity index (χ0) is 23.3. The highest BCUT2D eigenvalue weighted by Gasteiger charge is 2.16. The molecule has 3 N–H and O–H groups in total. The van der Waals surface area contributed by atoms with Crippen LogP contribution in [0.5, 0.6) is 11.5 Å². The number of aromatic nitrogens is 2. The molecular formula is C23H25F2N5O2. The van der Waals surface area contributed by atoms with Crippen LogP contribution in [0.3, 0.4) is 0 Å². The van der Waals surface area contributed by atoms with Crippen LogP contribution in [0, 0.1) is 11.6 Å². The normalized spacial score (nSPS) is 11.6. The first-order valence-corrected chi connectivity index (χ1v) is 9.93. The highest BCUT2D eigenvalue weighted by molar-refractivity contribution is 5.71. The van der Waals surface area contributed by atoms with Crippen molar-refractivity contribution < 1.29 is 18.4 Å². The molecule has 3 aromatic rings. The zero-order valence-corrected chi connectivity index (χ0v) is 18.2. The van der Waals surface area contributed by atoms with E-state index in [1.807, 2.05) is 6.92 Å². The number of nitrogens with two attached hydrogens (primary N) is 1. The Labute approximate surface area is 184 Å². The summed E-state index contributed by atoms with van der Waals surface area (Å²) in [6.45, 7) is 8.55. The van der Waals surface area contributed by atoms with Gasteiger partial charge in [-0.05, 0) is 42.8 Å². The molecule has 32 heavy (non-hydrogen) atoms. The van der Waals surface area contributed by atoms with E-state index in [1.54, 1.807) is 38.2 Å². The summed E-state index contributed by atoms with van der Waals surface area (Å²) in [6.07, 6.45) is 0. The van der Waals surface area contributed by atoms with E-state index >= 15 is 0 Å². The number of rotatable bonds is 8. The Bertz CT molecular complexity index is 1210. The highest BCUT2D eigenvalue weighted by Crippen LogP contribution is 2.35. The average molecular weight is 441 g/mol. The maximum atomic E-state index is 14.2. The van der Waals surface area contributed by atoms with Gasteiger partial charge in [0.2, 0.25) is 0 Å². The van der Waals surface area contributed by atoms with Gasteiger partial charge in [-0.3, -0.25) is 9.83 Å². The number of anilines is 1. The first-order chi connectivity index (χ1) is 15.3. The van der Waals surface area contributed by atoms with Crippen LogP contribution in [-0.2, 0) is 11.4 Å². The SMILES string of the molecule is C=C(C)n1nc(-c2cc(CONCC)ccc2Oc2ccc(F)cc2F)cc(N)c1=NC. The molecule has 0 amide bonds. The van der Waals surface area contributed by atoms with Gasteiger partial charge in [0.25, 0.3) is 0 Å². The topological polar surface area (TPSA) is 86.7 Å². The molecule has 0 unspecified atom stereocenters. The predicted molar refractivity (Wildman–Crippen MR) is 119 cm³/mol. The number of hydrogen-bond acceptors (Lipinski definition) is 6. The number of nitrogen functional groups attached to an aromatic ring is 1. The fourth-order valence-corrected chi connectivity index (χ4v) is 3.01. The van der Waals surface area contributed by atoms with Crippen LogP contribution in [0.1, 0.15) is 19.4 Å². The summed E-state index contributed by atoms with van der Waals surface area (Å²) in [4.78, 5) is 9.57. The van der Waals surface area contributed by atoms with E-state index in [4.69, 9.17) is 15.3 Å². The molecule has 0 saturated carbocycles. The number of ether oxygens (including phenoxy) is 1. The number of halogens is 2. The van der Waals surface area contributed by atoms with Crippen LogP contribution in [0.15, 0.2) is 54.0 Å². The van der Waals surface area contributed by atoms with Gasteiger partial charge < -0.3 is 10.5 Å². The second kappa shape index (κ2) is 10.2. The second-order valence-corrected chi connectivity index (χ2v) is 6.97. The van der Waals surface area contributed by atoms with Gasteiger partial charge in [0.05, 0.1) is 18.0 Å². The molecular weight excluding hydrogens is 416 g/mol. The Morgan fingerprint density at radius 2 is 1.94 bits per heavy atom. The number of nitrogens with one attached hydrogen (secondary N) is 1. The fourth-order valence-electron chi connectivity index (χ4n) is 3.01. The van der Waals surface area contributed by atoms with Crippen molar-refractivity contribution in [3.63, 3.8) is 0 Å². The summed E-state index contributed by atoms with van der Waals surface area (Å²) in [5.74, 6) is -1.32. The average Bonchev–Trinajstić information content (AvgIpc) is 2.76. The minimum Gasteiger partial charge on any atom is -0.454 e. The third kappa shape index (κ3) is 5.19. The van der Waals surface area contributed by atoms with Crippen molar-refractivity contribution in [3.8, 4) is 22.8 Å². The molecule has 0 aliphatic rings. The summed E-state index contributed by atoms with van der Waals surface area (Å²) in [5.41, 5.74) is 12.3. The number of benzene rings is 2. The fraction of sp³-hybridized carbons (Fsp3) is 0.217. The molecule has 0 spiro atoms. The molecule has 0 atom stereocenters. The van der Waals surface area contributed by atoms with Gasteiger partial charge in [-0.25, -0.2) is 18.9 Å². The molecule has 9 heteroatoms. The van der Waals surface area contributed by atoms with Crippen molar-refractivity contribution in [1.29, 1.82) is 0 Å². The minimum absolute atomic E-state index is 0.120. The lowest BCUT2D eigenvalue weighted by Gasteiger charge is -2.16. The van der Waals surface area contributed by atoms with Gasteiger partial charge in [0.15, 0.2) is 17.1 Å². The lowest BCUT2D eigenvalue weighted by molar-refractivity contribution is 0.0314. The smallest absolute Gasteiger partial charge is 0.172 e. The van der Waals surface area contributed by atoms with E-state index in [9.17, 15) is 8.78 Å². The van der Waals surface area contributed by atoms with E-state index in [-0.39, 0.29) is 12.4 Å². The number of nitrogens with zero attached hydrogens (tertiary/aromatic N) is 3. The van der Waals surface area contributed by atoms with Crippen LogP contribution >= 0.6 is 0 Å². The Morgan fingerprint density at radius 1 is 1.19 bits per heavy atom. The van der Waals surface area contributed by atoms with Crippen LogP contribution in [-0.4, -0.2) is 23.4 Å². The number of allylic oxidation sites excluding steroid dienone is 1. The number of hydroxylamine groups is 1. The standard InChI is InChI=1S/C23H25F2N5O2/c1-5-28-31-13-15-6-8-21(32-22-9-7-16(24)11-18(22)25)17(10-15)20-12-19(26)23(27-4)30(29-20)14(2)3/h6-12,28H,2,5,13,26H2,1,3-4H3. The molecule has 0 fully saturated rings. The van der Waals surface area contributed by atoms with Crippen molar-refractivity contribution in [2.24, 2.45) is 4.99 Å². The summed E-state index contributed by atoms with van der Waals surface area (Å²) >= 11 is 0. The third-order valence-electron chi connectivity index (χ3n) is 4.45. The predicted octanol–water partition coefficient (Wildman–Crippen LogP) is 4.27. The molecule has 7 nitrogen and oxygen atoms in total. The van der Waals surface area contributed by atoms with E-state index in [2.05, 4.69) is 22.2 Å². The first-order valence-electron chi connectivity index (χ1n) is 9.93. The minimum atomic E-state index is -0.819. The Hall–Kier alpha value is -3.56. The molecule has 3 rings (SSSR count). The quantitative estimate of drug-likeness (QED) is 0.403. The Morgan fingerprint density at radius 3 is 2.59 bits per heavy atom. The number of hydrogen-bond donors (Lipinski definition) is 2. The third-order valence-corrected chi connectivity index (χ3v) is 4.45. The Kier molecular flexibility index (Phi) is 7.34. The van der Waals surface area contributed by atoms with Crippen molar-refractivity contribution in [2.75, 3.05) is 19.3 Å². The molecule has 0 radical (unpaired) electrons. The summed E-state index contributed by atoms with van der Waals surface area (Å²) < 4.78 is 34.9. The molecule has 1 aromatic heterocycles. The molecule has 2 aromatic carbocycles. The largest absolute Gasteiger partial charge is 0.454 e. The van der Waals surface area contributed by atoms with E-state index in [0.29, 0.717) is 40.4 Å². The molecule has 0 aliphatic carbocycles. The second-order valence-electron chi connectivity index (χ2n) is 6.97. The summed E-state index contributed by atoms with van der Waals surface area (Å²) in [5, 5.41) is 4.60. The van der Waals surface area contributed by atoms with Gasteiger partial charge in [0, 0.05) is 30.9 Å². The molecule has 0 saturated heterocycles. The van der Waals surface area contributed by atoms with Crippen LogP contribution < -0.4 is 21.4 Å². The van der Waals surface area contributed by atoms with E-state index in [1.165, 1.54) is 10.7 Å². The first kappa shape index (κ1) is 23.1. The Balaban J connectivity index is 2.14. The molecule has 0 aliphatic heterocycles. The molecule has 168 valence electrons. The van der Waals surface area contributed by atoms with Crippen molar-refractivity contribution >= 4 is 11.4 Å². The molecule has 0 bridgehead atoms. The van der Waals surface area contributed by atoms with Gasteiger partial charge in [0.1, 0.15) is 11.6 Å². The maximum absolute atomic E-state index is 14.2. The van der Waals surface area contributed by atoms with Crippen molar-refractivity contribution in [1.82, 2.24) is 15.3 Å². The van der Waals surface area contributed by atoms with Crippen LogP contribution in [0.4, 0.5) is 14.5 Å². The van der Waals surface area contributed by atoms with Gasteiger partial charge in [-0.2, -0.15) is 5.10 Å². The van der Waals surface area contributed by atoms with Gasteiger partial charge >= 0.3 is 0 Å². The lowest BCUT2D eigenvalue weighted by Crippen LogP contribution is -2.25. The van der Waals surface area contributed by atoms with Crippen LogP contribution in [0.2, 0.25) is 0 Å². The highest BCUT2D eigenvalue weighted by atomic mass is 19.1. The molecule has 1 heterocycles. The maximum Gasteiger partial charge on any atom is 0.172 e. The zero-order valence-electron chi connectivity index (χ0n) is 18.2. The summed E-state index contributed by atoms with van der Waals surface area (Å²) in [6, 6.07) is 10.0. The van der Waals surface area contributed by atoms with E-state index < -0.39 is 11.6 Å². The van der Waals surface area contributed by atoms with Crippen molar-refractivity contribution in [3.05, 3.63) is 71.7 Å². The van der Waals surface area contributed by atoms with Gasteiger partial charge in [-0.15, -0.1) is 0 Å². The van der Waals surface area contributed by atoms with Gasteiger partial charge in [-0.1, -0.05) is 19.6 Å². The van der Waals surface area contributed by atoms with Crippen molar-refractivity contribution in [2.45, 2.75) is 20.5 Å². The summed E-state index contributed by atoms with van der Waals surface area (Å²) in [7, 11) is 1.61.